The highest BCUT2D eigenvalue weighted by Gasteiger charge is 2.13. The van der Waals surface area contributed by atoms with Crippen molar-refractivity contribution in [3.8, 4) is 11.3 Å². The second-order valence-corrected chi connectivity index (χ2v) is 7.26. The predicted molar refractivity (Wildman–Crippen MR) is 105 cm³/mol. The molecule has 0 unspecified atom stereocenters. The van der Waals surface area contributed by atoms with Crippen LogP contribution in [0.1, 0.15) is 45.6 Å². The van der Waals surface area contributed by atoms with E-state index < -0.39 is 0 Å². The summed E-state index contributed by atoms with van der Waals surface area (Å²) in [5, 5.41) is 2.99. The van der Waals surface area contributed by atoms with Gasteiger partial charge in [0, 0.05) is 43.6 Å². The van der Waals surface area contributed by atoms with E-state index in [1.165, 1.54) is 5.56 Å². The fourth-order valence-corrected chi connectivity index (χ4v) is 3.02. The zero-order valence-corrected chi connectivity index (χ0v) is 16.6. The average molecular weight is 357 g/mol. The van der Waals surface area contributed by atoms with Crippen molar-refractivity contribution in [2.24, 2.45) is 0 Å². The van der Waals surface area contributed by atoms with Gasteiger partial charge in [-0.05, 0) is 34.6 Å². The summed E-state index contributed by atoms with van der Waals surface area (Å²) in [5.41, 5.74) is 2.21. The Morgan fingerprint density at radius 3 is 2.42 bits per heavy atom. The molecule has 1 N–H and O–H groups in total. The molecule has 1 heterocycles. The molecule has 5 heteroatoms. The van der Waals surface area contributed by atoms with Gasteiger partial charge in [0.2, 0.25) is 5.91 Å². The second-order valence-electron chi connectivity index (χ2n) is 7.26. The summed E-state index contributed by atoms with van der Waals surface area (Å²) >= 11 is 0. The van der Waals surface area contributed by atoms with E-state index in [-0.39, 0.29) is 5.91 Å². The van der Waals surface area contributed by atoms with Crippen LogP contribution in [-0.4, -0.2) is 41.0 Å². The maximum atomic E-state index is 12.1. The van der Waals surface area contributed by atoms with Crippen molar-refractivity contribution < 1.29 is 9.21 Å². The first-order valence-electron chi connectivity index (χ1n) is 9.41. The molecule has 0 aliphatic rings. The number of hydrogen-bond acceptors (Lipinski definition) is 4. The monoisotopic (exact) mass is 357 g/mol. The van der Waals surface area contributed by atoms with E-state index in [4.69, 9.17) is 4.42 Å². The van der Waals surface area contributed by atoms with Gasteiger partial charge in [0.1, 0.15) is 0 Å². The zero-order valence-electron chi connectivity index (χ0n) is 16.6. The molecule has 2 rings (SSSR count). The highest BCUT2D eigenvalue weighted by atomic mass is 16.4. The minimum atomic E-state index is 0.0348. The Bertz CT molecular complexity index is 682. The van der Waals surface area contributed by atoms with Gasteiger partial charge in [0.25, 0.3) is 0 Å². The Labute approximate surface area is 156 Å². The molecule has 142 valence electrons. The number of benzene rings is 1. The van der Waals surface area contributed by atoms with Crippen LogP contribution < -0.4 is 5.32 Å². The highest BCUT2D eigenvalue weighted by molar-refractivity contribution is 5.76. The Hall–Kier alpha value is -2.14. The van der Waals surface area contributed by atoms with E-state index in [0.717, 1.165) is 17.9 Å². The van der Waals surface area contributed by atoms with E-state index in [1.807, 2.05) is 24.3 Å². The molecular weight excluding hydrogens is 326 g/mol. The van der Waals surface area contributed by atoms with Gasteiger partial charge in [0.05, 0.1) is 6.20 Å². The Morgan fingerprint density at radius 1 is 1.15 bits per heavy atom. The van der Waals surface area contributed by atoms with Crippen LogP contribution >= 0.6 is 0 Å². The van der Waals surface area contributed by atoms with Crippen molar-refractivity contribution in [3.63, 3.8) is 0 Å². The van der Waals surface area contributed by atoms with Gasteiger partial charge in [-0.2, -0.15) is 0 Å². The lowest BCUT2D eigenvalue weighted by atomic mass is 10.1. The van der Waals surface area contributed by atoms with E-state index in [1.54, 1.807) is 6.20 Å². The van der Waals surface area contributed by atoms with Crippen LogP contribution in [0.3, 0.4) is 0 Å². The van der Waals surface area contributed by atoms with E-state index in [0.29, 0.717) is 37.4 Å². The maximum absolute atomic E-state index is 12.1. The normalized spacial score (nSPS) is 11.5. The number of oxazole rings is 1. The molecule has 0 spiro atoms. The van der Waals surface area contributed by atoms with E-state index in [9.17, 15) is 4.79 Å². The van der Waals surface area contributed by atoms with Gasteiger partial charge < -0.3 is 9.73 Å². The van der Waals surface area contributed by atoms with E-state index >= 15 is 0 Å². The van der Waals surface area contributed by atoms with Gasteiger partial charge >= 0.3 is 0 Å². The largest absolute Gasteiger partial charge is 0.441 e. The molecule has 0 bridgehead atoms. The number of nitrogens with zero attached hydrogens (tertiary/aromatic N) is 2. The van der Waals surface area contributed by atoms with Crippen LogP contribution in [0.2, 0.25) is 0 Å². The van der Waals surface area contributed by atoms with Crippen LogP contribution in [0.5, 0.6) is 0 Å². The van der Waals surface area contributed by atoms with Crippen LogP contribution in [-0.2, 0) is 11.2 Å². The number of aromatic nitrogens is 1. The SMILES string of the molecule is Cc1ccc(-c2cnc(CCC(=O)NCCN(C(C)C)C(C)C)o2)cc1. The van der Waals surface area contributed by atoms with Crippen LogP contribution in [0, 0.1) is 6.92 Å². The number of hydrogen-bond donors (Lipinski definition) is 1. The Balaban J connectivity index is 1.76. The minimum absolute atomic E-state index is 0.0348. The van der Waals surface area contributed by atoms with Crippen LogP contribution in [0.25, 0.3) is 11.3 Å². The maximum Gasteiger partial charge on any atom is 0.220 e. The van der Waals surface area contributed by atoms with Crippen molar-refractivity contribution in [1.29, 1.82) is 0 Å². The number of nitrogens with one attached hydrogen (secondary N) is 1. The summed E-state index contributed by atoms with van der Waals surface area (Å²) < 4.78 is 5.77. The average Bonchev–Trinajstić information content (AvgIpc) is 3.05. The summed E-state index contributed by atoms with van der Waals surface area (Å²) in [5.74, 6) is 1.37. The number of amides is 1. The summed E-state index contributed by atoms with van der Waals surface area (Å²) in [4.78, 5) is 18.7. The fourth-order valence-electron chi connectivity index (χ4n) is 3.02. The molecule has 0 aliphatic heterocycles. The summed E-state index contributed by atoms with van der Waals surface area (Å²) in [6.07, 6.45) is 2.62. The standard InChI is InChI=1S/C21H31N3O2/c1-15(2)24(16(3)4)13-12-22-20(25)10-11-21-23-14-19(26-21)18-8-6-17(5)7-9-18/h6-9,14-16H,10-13H2,1-5H3,(H,22,25). The van der Waals surface area contributed by atoms with Gasteiger partial charge in [-0.1, -0.05) is 29.8 Å². The predicted octanol–water partition coefficient (Wildman–Crippen LogP) is 3.82. The zero-order chi connectivity index (χ0) is 19.1. The lowest BCUT2D eigenvalue weighted by molar-refractivity contribution is -0.121. The van der Waals surface area contributed by atoms with Gasteiger partial charge in [-0.3, -0.25) is 9.69 Å². The highest BCUT2D eigenvalue weighted by Crippen LogP contribution is 2.21. The number of carbonyl (C=O) groups is 1. The molecule has 1 amide bonds. The first-order chi connectivity index (χ1) is 12.4. The van der Waals surface area contributed by atoms with Gasteiger partial charge in [0.15, 0.2) is 11.7 Å². The van der Waals surface area contributed by atoms with Crippen LogP contribution in [0.15, 0.2) is 34.9 Å². The lowest BCUT2D eigenvalue weighted by Gasteiger charge is -2.30. The summed E-state index contributed by atoms with van der Waals surface area (Å²) in [6.45, 7) is 12.3. The third-order valence-corrected chi connectivity index (χ3v) is 4.47. The van der Waals surface area contributed by atoms with Crippen LogP contribution in [0.4, 0.5) is 0 Å². The summed E-state index contributed by atoms with van der Waals surface area (Å²) in [6, 6.07) is 9.06. The third kappa shape index (κ3) is 5.99. The molecule has 1 aromatic heterocycles. The molecule has 0 atom stereocenters. The minimum Gasteiger partial charge on any atom is -0.441 e. The topological polar surface area (TPSA) is 58.4 Å². The van der Waals surface area contributed by atoms with Crippen molar-refractivity contribution in [1.82, 2.24) is 15.2 Å². The molecule has 2 aromatic rings. The Kier molecular flexibility index (Phi) is 7.39. The van der Waals surface area contributed by atoms with Crippen molar-refractivity contribution >= 4 is 5.91 Å². The molecule has 0 aliphatic carbocycles. The second kappa shape index (κ2) is 9.53. The molecule has 0 radical (unpaired) electrons. The molecule has 26 heavy (non-hydrogen) atoms. The van der Waals surface area contributed by atoms with Gasteiger partial charge in [-0.15, -0.1) is 0 Å². The molecular formula is C21H31N3O2. The lowest BCUT2D eigenvalue weighted by Crippen LogP contribution is -2.42. The molecule has 5 nitrogen and oxygen atoms in total. The number of rotatable bonds is 9. The molecule has 0 saturated heterocycles. The Morgan fingerprint density at radius 2 is 1.81 bits per heavy atom. The van der Waals surface area contributed by atoms with Crippen molar-refractivity contribution in [2.45, 2.75) is 59.5 Å². The van der Waals surface area contributed by atoms with Crippen molar-refractivity contribution in [2.75, 3.05) is 13.1 Å². The first-order valence-corrected chi connectivity index (χ1v) is 9.41. The summed E-state index contributed by atoms with van der Waals surface area (Å²) in [7, 11) is 0. The third-order valence-electron chi connectivity index (χ3n) is 4.47. The number of carbonyl (C=O) groups excluding carboxylic acids is 1. The number of aryl methyl sites for hydroxylation is 2. The molecule has 0 saturated carbocycles. The first kappa shape index (κ1) is 20.2. The fraction of sp³-hybridized carbons (Fsp3) is 0.524. The van der Waals surface area contributed by atoms with Crippen molar-refractivity contribution in [3.05, 3.63) is 41.9 Å². The smallest absolute Gasteiger partial charge is 0.220 e. The van der Waals surface area contributed by atoms with Gasteiger partial charge in [-0.25, -0.2) is 4.98 Å². The molecule has 0 fully saturated rings. The van der Waals surface area contributed by atoms with E-state index in [2.05, 4.69) is 49.8 Å². The molecule has 1 aromatic carbocycles. The quantitative estimate of drug-likeness (QED) is 0.741.